The number of hydrogen-bond acceptors (Lipinski definition) is 6. The number of thiophene rings is 1. The first kappa shape index (κ1) is 18.7. The molecule has 4 rings (SSSR count). The molecule has 0 bridgehead atoms. The largest absolute Gasteiger partial charge is 0.453 e. The van der Waals surface area contributed by atoms with Crippen LogP contribution >= 0.6 is 11.3 Å². The van der Waals surface area contributed by atoms with E-state index in [-0.39, 0.29) is 17.7 Å². The van der Waals surface area contributed by atoms with E-state index in [4.69, 9.17) is 9.15 Å². The molecule has 1 fully saturated rings. The Kier molecular flexibility index (Phi) is 5.39. The molecule has 8 heteroatoms. The zero-order chi connectivity index (χ0) is 18.9. The number of esters is 1. The van der Waals surface area contributed by atoms with Crippen LogP contribution in [0, 0.1) is 0 Å². The quantitative estimate of drug-likeness (QED) is 0.555. The van der Waals surface area contributed by atoms with E-state index in [2.05, 4.69) is 0 Å². The molecule has 0 atom stereocenters. The minimum Gasteiger partial charge on any atom is -0.453 e. The summed E-state index contributed by atoms with van der Waals surface area (Å²) >= 11 is 1.51. The third-order valence-corrected chi connectivity index (χ3v) is 8.08. The zero-order valence-corrected chi connectivity index (χ0v) is 16.7. The third-order valence-electron chi connectivity index (χ3n) is 5.09. The fraction of sp³-hybridized carbons (Fsp3) is 0.526. The lowest BCUT2D eigenvalue weighted by molar-refractivity contribution is 0.0446. The maximum Gasteiger partial charge on any atom is 0.348 e. The van der Waals surface area contributed by atoms with Gasteiger partial charge in [0, 0.05) is 18.0 Å². The number of sulfonamides is 1. The third kappa shape index (κ3) is 3.97. The minimum absolute atomic E-state index is 0.0725. The summed E-state index contributed by atoms with van der Waals surface area (Å²) in [7, 11) is -3.59. The SMILES string of the molecule is O=C(OCc1ccc(S(=O)(=O)N2CCCC2)o1)c1cc2c(s1)CCCCC2. The van der Waals surface area contributed by atoms with Gasteiger partial charge in [-0.15, -0.1) is 11.3 Å². The highest BCUT2D eigenvalue weighted by Crippen LogP contribution is 2.30. The average molecular weight is 410 g/mol. The van der Waals surface area contributed by atoms with Gasteiger partial charge in [-0.2, -0.15) is 4.31 Å². The normalized spacial score (nSPS) is 18.2. The van der Waals surface area contributed by atoms with E-state index in [1.807, 2.05) is 6.07 Å². The van der Waals surface area contributed by atoms with Crippen molar-refractivity contribution in [3.05, 3.63) is 39.3 Å². The van der Waals surface area contributed by atoms with Gasteiger partial charge in [0.2, 0.25) is 5.09 Å². The van der Waals surface area contributed by atoms with Crippen LogP contribution in [0.25, 0.3) is 0 Å². The molecule has 1 aliphatic carbocycles. The molecule has 146 valence electrons. The molecule has 1 saturated heterocycles. The van der Waals surface area contributed by atoms with Gasteiger partial charge in [0.05, 0.1) is 0 Å². The predicted molar refractivity (Wildman–Crippen MR) is 101 cm³/mol. The van der Waals surface area contributed by atoms with Gasteiger partial charge < -0.3 is 9.15 Å². The van der Waals surface area contributed by atoms with E-state index in [1.54, 1.807) is 6.07 Å². The summed E-state index contributed by atoms with van der Waals surface area (Å²) in [6, 6.07) is 4.93. The van der Waals surface area contributed by atoms with Crippen molar-refractivity contribution in [3.63, 3.8) is 0 Å². The highest BCUT2D eigenvalue weighted by atomic mass is 32.2. The second-order valence-electron chi connectivity index (χ2n) is 7.03. The molecule has 0 unspecified atom stereocenters. The van der Waals surface area contributed by atoms with Crippen molar-refractivity contribution in [1.82, 2.24) is 4.31 Å². The lowest BCUT2D eigenvalue weighted by atomic mass is 10.1. The maximum atomic E-state index is 12.5. The van der Waals surface area contributed by atoms with E-state index in [0.29, 0.717) is 23.7 Å². The van der Waals surface area contributed by atoms with Crippen LogP contribution in [0.4, 0.5) is 0 Å². The Morgan fingerprint density at radius 3 is 2.70 bits per heavy atom. The molecule has 0 saturated carbocycles. The summed E-state index contributed by atoms with van der Waals surface area (Å²) in [6.45, 7) is 0.976. The molecule has 27 heavy (non-hydrogen) atoms. The molecule has 0 aromatic carbocycles. The standard InChI is InChI=1S/C19H23NO5S2/c21-19(17-12-14-6-2-1-3-7-16(14)26-17)24-13-15-8-9-18(25-15)27(22,23)20-10-4-5-11-20/h8-9,12H,1-7,10-11,13H2. The molecular weight excluding hydrogens is 386 g/mol. The molecule has 1 aliphatic heterocycles. The number of nitrogens with zero attached hydrogens (tertiary/aromatic N) is 1. The molecule has 3 heterocycles. The molecule has 0 spiro atoms. The van der Waals surface area contributed by atoms with Crippen molar-refractivity contribution in [2.24, 2.45) is 0 Å². The fourth-order valence-corrected chi connectivity index (χ4v) is 6.20. The van der Waals surface area contributed by atoms with Crippen molar-refractivity contribution in [1.29, 1.82) is 0 Å². The van der Waals surface area contributed by atoms with Crippen molar-refractivity contribution >= 4 is 27.3 Å². The number of carbonyl (C=O) groups is 1. The van der Waals surface area contributed by atoms with Crippen LogP contribution in [0.2, 0.25) is 0 Å². The first-order valence-corrected chi connectivity index (χ1v) is 11.7. The van der Waals surface area contributed by atoms with Crippen molar-refractivity contribution in [2.75, 3.05) is 13.1 Å². The molecule has 0 N–H and O–H groups in total. The Balaban J connectivity index is 1.39. The van der Waals surface area contributed by atoms with Crippen LogP contribution in [0.3, 0.4) is 0 Å². The van der Waals surface area contributed by atoms with Gasteiger partial charge in [-0.1, -0.05) is 6.42 Å². The summed E-state index contributed by atoms with van der Waals surface area (Å²) in [5, 5.41) is -0.0849. The maximum absolute atomic E-state index is 12.5. The summed E-state index contributed by atoms with van der Waals surface area (Å²) in [5.41, 5.74) is 1.27. The lowest BCUT2D eigenvalue weighted by Crippen LogP contribution is -2.27. The monoisotopic (exact) mass is 409 g/mol. The van der Waals surface area contributed by atoms with Crippen LogP contribution in [0.1, 0.15) is 58.0 Å². The van der Waals surface area contributed by atoms with E-state index in [1.165, 1.54) is 51.4 Å². The van der Waals surface area contributed by atoms with Gasteiger partial charge in [0.1, 0.15) is 17.2 Å². The van der Waals surface area contributed by atoms with Crippen LogP contribution in [-0.2, 0) is 34.2 Å². The highest BCUT2D eigenvalue weighted by Gasteiger charge is 2.30. The molecule has 2 aliphatic rings. The lowest BCUT2D eigenvalue weighted by Gasteiger charge is -2.12. The van der Waals surface area contributed by atoms with Gasteiger partial charge in [-0.05, 0) is 62.3 Å². The summed E-state index contributed by atoms with van der Waals surface area (Å²) in [6.07, 6.45) is 7.37. The number of ether oxygens (including phenoxy) is 1. The van der Waals surface area contributed by atoms with E-state index >= 15 is 0 Å². The average Bonchev–Trinajstić information content (AvgIpc) is 3.39. The first-order chi connectivity index (χ1) is 13.0. The molecular formula is C19H23NO5S2. The van der Waals surface area contributed by atoms with Gasteiger partial charge in [0.15, 0.2) is 0 Å². The second kappa shape index (κ2) is 7.77. The van der Waals surface area contributed by atoms with Gasteiger partial charge in [-0.25, -0.2) is 13.2 Å². The Labute approximate surface area is 163 Å². The van der Waals surface area contributed by atoms with Crippen LogP contribution in [0.5, 0.6) is 0 Å². The Morgan fingerprint density at radius 2 is 1.89 bits per heavy atom. The minimum atomic E-state index is -3.59. The topological polar surface area (TPSA) is 76.8 Å². The Morgan fingerprint density at radius 1 is 1.11 bits per heavy atom. The Bertz CT molecular complexity index is 898. The molecule has 6 nitrogen and oxygen atoms in total. The second-order valence-corrected chi connectivity index (χ2v) is 10.0. The van der Waals surface area contributed by atoms with Gasteiger partial charge >= 0.3 is 5.97 Å². The highest BCUT2D eigenvalue weighted by molar-refractivity contribution is 7.89. The van der Waals surface area contributed by atoms with Crippen molar-refractivity contribution < 1.29 is 22.4 Å². The predicted octanol–water partition coefficient (Wildman–Crippen LogP) is 3.75. The zero-order valence-electron chi connectivity index (χ0n) is 15.1. The molecule has 2 aromatic rings. The number of aryl methyl sites for hydroxylation is 2. The number of hydrogen-bond donors (Lipinski definition) is 0. The van der Waals surface area contributed by atoms with Crippen LogP contribution in [0.15, 0.2) is 27.7 Å². The van der Waals surface area contributed by atoms with Gasteiger partial charge in [0.25, 0.3) is 10.0 Å². The fourth-order valence-electron chi connectivity index (χ4n) is 3.61. The summed E-state index contributed by atoms with van der Waals surface area (Å²) < 4.78 is 37.2. The molecule has 0 amide bonds. The smallest absolute Gasteiger partial charge is 0.348 e. The van der Waals surface area contributed by atoms with E-state index in [0.717, 1.165) is 25.7 Å². The number of furan rings is 1. The van der Waals surface area contributed by atoms with E-state index < -0.39 is 10.0 Å². The molecule has 0 radical (unpaired) electrons. The Hall–Kier alpha value is -1.64. The number of rotatable bonds is 5. The van der Waals surface area contributed by atoms with Crippen molar-refractivity contribution in [3.8, 4) is 0 Å². The number of carbonyl (C=O) groups excluding carboxylic acids is 1. The van der Waals surface area contributed by atoms with Gasteiger partial charge in [-0.3, -0.25) is 0 Å². The first-order valence-electron chi connectivity index (χ1n) is 9.41. The summed E-state index contributed by atoms with van der Waals surface area (Å²) in [5.74, 6) is -0.0485. The summed E-state index contributed by atoms with van der Waals surface area (Å²) in [4.78, 5) is 14.3. The van der Waals surface area contributed by atoms with Crippen molar-refractivity contribution in [2.45, 2.75) is 56.6 Å². The molecule has 2 aromatic heterocycles. The van der Waals surface area contributed by atoms with Crippen LogP contribution < -0.4 is 0 Å². The van der Waals surface area contributed by atoms with Crippen LogP contribution in [-0.4, -0.2) is 31.8 Å². The number of fused-ring (bicyclic) bond motifs is 1. The van der Waals surface area contributed by atoms with E-state index in [9.17, 15) is 13.2 Å².